The molecule has 0 radical (unpaired) electrons. The fourth-order valence-electron chi connectivity index (χ4n) is 3.57. The van der Waals surface area contributed by atoms with Crippen molar-refractivity contribution in [1.29, 1.82) is 0 Å². The maximum atomic E-state index is 10.5. The topological polar surface area (TPSA) is 47.9 Å². The summed E-state index contributed by atoms with van der Waals surface area (Å²) in [5.74, 6) is 2.01. The molecule has 3 aromatic carbocycles. The van der Waals surface area contributed by atoms with Crippen molar-refractivity contribution in [3.05, 3.63) is 78.8 Å². The fraction of sp³-hybridized carbons (Fsp3) is 0.333. The summed E-state index contributed by atoms with van der Waals surface area (Å²) in [6.45, 7) is 8.46. The molecule has 206 valence electrons. The SMILES string of the molecule is CC(C)Oc1c(Br)cc(C(C)(C)c2cc(Br)c(OCC(O)COc3c(Br)cc(Br)cc3Br)c(Br)c2)cc1Br. The van der Waals surface area contributed by atoms with Crippen molar-refractivity contribution in [3.63, 3.8) is 0 Å². The lowest BCUT2D eigenvalue weighted by atomic mass is 9.78. The van der Waals surface area contributed by atoms with Crippen LogP contribution in [0.5, 0.6) is 17.2 Å². The molecule has 0 aliphatic heterocycles. The van der Waals surface area contributed by atoms with Gasteiger partial charge in [0.1, 0.15) is 36.6 Å². The highest BCUT2D eigenvalue weighted by atomic mass is 79.9. The molecular weight excluding hydrogens is 948 g/mol. The van der Waals surface area contributed by atoms with E-state index in [1.54, 1.807) is 0 Å². The van der Waals surface area contributed by atoms with Crippen LogP contribution in [0.15, 0.2) is 67.7 Å². The van der Waals surface area contributed by atoms with Crippen molar-refractivity contribution in [3.8, 4) is 17.2 Å². The molecule has 0 bridgehead atoms. The lowest BCUT2D eigenvalue weighted by molar-refractivity contribution is 0.0616. The zero-order valence-corrected chi connectivity index (χ0v) is 32.0. The largest absolute Gasteiger partial charge is 0.489 e. The molecule has 0 aliphatic rings. The number of ether oxygens (including phenoxy) is 3. The van der Waals surface area contributed by atoms with Crippen molar-refractivity contribution in [2.45, 2.75) is 45.3 Å². The van der Waals surface area contributed by atoms with Gasteiger partial charge < -0.3 is 19.3 Å². The molecule has 0 heterocycles. The fourth-order valence-corrected chi connectivity index (χ4v) is 8.84. The van der Waals surface area contributed by atoms with Crippen molar-refractivity contribution in [1.82, 2.24) is 0 Å². The molecule has 0 fully saturated rings. The molecule has 3 rings (SSSR count). The molecule has 11 heteroatoms. The monoisotopic (exact) mass is 966 g/mol. The number of halogens is 7. The Hall–Kier alpha value is 0.380. The maximum absolute atomic E-state index is 10.5. The molecule has 4 nitrogen and oxygen atoms in total. The van der Waals surface area contributed by atoms with Gasteiger partial charge in [0.25, 0.3) is 0 Å². The highest BCUT2D eigenvalue weighted by Crippen LogP contribution is 2.44. The summed E-state index contributed by atoms with van der Waals surface area (Å²) in [5, 5.41) is 10.5. The Kier molecular flexibility index (Phi) is 12.1. The summed E-state index contributed by atoms with van der Waals surface area (Å²) >= 11 is 25.1. The summed E-state index contributed by atoms with van der Waals surface area (Å²) < 4.78 is 23.5. The van der Waals surface area contributed by atoms with Crippen LogP contribution in [0.3, 0.4) is 0 Å². The van der Waals surface area contributed by atoms with Crippen LogP contribution in [-0.2, 0) is 5.41 Å². The second-order valence-electron chi connectivity index (χ2n) is 9.30. The maximum Gasteiger partial charge on any atom is 0.148 e. The van der Waals surface area contributed by atoms with Gasteiger partial charge in [0.05, 0.1) is 32.9 Å². The van der Waals surface area contributed by atoms with Crippen LogP contribution in [0.4, 0.5) is 0 Å². The first-order valence-electron chi connectivity index (χ1n) is 11.4. The van der Waals surface area contributed by atoms with E-state index in [4.69, 9.17) is 14.2 Å². The minimum atomic E-state index is -0.839. The summed E-state index contributed by atoms with van der Waals surface area (Å²) in [4.78, 5) is 0. The average Bonchev–Trinajstić information content (AvgIpc) is 2.79. The van der Waals surface area contributed by atoms with Gasteiger partial charge in [-0.3, -0.25) is 0 Å². The first-order chi connectivity index (χ1) is 17.7. The third kappa shape index (κ3) is 8.23. The Morgan fingerprint density at radius 2 is 0.974 bits per heavy atom. The van der Waals surface area contributed by atoms with Crippen LogP contribution < -0.4 is 14.2 Å². The Morgan fingerprint density at radius 3 is 1.34 bits per heavy atom. The van der Waals surface area contributed by atoms with E-state index in [1.807, 2.05) is 38.1 Å². The van der Waals surface area contributed by atoms with E-state index >= 15 is 0 Å². The Balaban J connectivity index is 1.74. The third-order valence-corrected chi connectivity index (χ3v) is 9.59. The van der Waals surface area contributed by atoms with Crippen molar-refractivity contribution < 1.29 is 19.3 Å². The van der Waals surface area contributed by atoms with E-state index in [9.17, 15) is 5.11 Å². The van der Waals surface area contributed by atoms with Gasteiger partial charge in [-0.2, -0.15) is 0 Å². The molecular formula is C27H25Br7O4. The van der Waals surface area contributed by atoms with Crippen LogP contribution >= 0.6 is 112 Å². The van der Waals surface area contributed by atoms with Crippen LogP contribution in [0.25, 0.3) is 0 Å². The molecule has 1 N–H and O–H groups in total. The van der Waals surface area contributed by atoms with Gasteiger partial charge in [0, 0.05) is 9.89 Å². The van der Waals surface area contributed by atoms with E-state index in [-0.39, 0.29) is 24.7 Å². The molecule has 1 atom stereocenters. The van der Waals surface area contributed by atoms with Gasteiger partial charge >= 0.3 is 0 Å². The van der Waals surface area contributed by atoms with Gasteiger partial charge in [-0.25, -0.2) is 0 Å². The van der Waals surface area contributed by atoms with E-state index in [2.05, 4.69) is 137 Å². The number of aliphatic hydroxyl groups excluding tert-OH is 1. The number of rotatable bonds is 10. The van der Waals surface area contributed by atoms with Gasteiger partial charge in [-0.1, -0.05) is 29.8 Å². The number of hydrogen-bond acceptors (Lipinski definition) is 4. The highest BCUT2D eigenvalue weighted by molar-refractivity contribution is 9.12. The smallest absolute Gasteiger partial charge is 0.148 e. The normalized spacial score (nSPS) is 12.6. The van der Waals surface area contributed by atoms with Gasteiger partial charge in [-0.15, -0.1) is 0 Å². The summed E-state index contributed by atoms with van der Waals surface area (Å²) in [6.07, 6.45) is -0.774. The Bertz CT molecular complexity index is 1240. The Morgan fingerprint density at radius 1 is 0.632 bits per heavy atom. The van der Waals surface area contributed by atoms with Crippen LogP contribution in [-0.4, -0.2) is 30.5 Å². The van der Waals surface area contributed by atoms with Gasteiger partial charge in [-0.05, 0) is 157 Å². The second-order valence-corrected chi connectivity index (χ2v) is 15.3. The molecule has 1 unspecified atom stereocenters. The third-order valence-electron chi connectivity index (χ3n) is 5.60. The highest BCUT2D eigenvalue weighted by Gasteiger charge is 2.28. The van der Waals surface area contributed by atoms with E-state index in [0.717, 1.165) is 48.2 Å². The Labute approximate surface area is 282 Å². The zero-order chi connectivity index (χ0) is 28.4. The summed E-state index contributed by atoms with van der Waals surface area (Å²) in [6, 6.07) is 12.0. The van der Waals surface area contributed by atoms with E-state index in [0.29, 0.717) is 11.5 Å². The second kappa shape index (κ2) is 14.0. The van der Waals surface area contributed by atoms with E-state index in [1.165, 1.54) is 0 Å². The van der Waals surface area contributed by atoms with Gasteiger partial charge in [0.15, 0.2) is 0 Å². The summed E-state index contributed by atoms with van der Waals surface area (Å²) in [5.41, 5.74) is 1.86. The molecule has 0 amide bonds. The lowest BCUT2D eigenvalue weighted by Crippen LogP contribution is -2.25. The van der Waals surface area contributed by atoms with Crippen LogP contribution in [0.1, 0.15) is 38.8 Å². The van der Waals surface area contributed by atoms with Crippen molar-refractivity contribution >= 4 is 112 Å². The van der Waals surface area contributed by atoms with Crippen molar-refractivity contribution in [2.75, 3.05) is 13.2 Å². The lowest BCUT2D eigenvalue weighted by Gasteiger charge is -2.28. The molecule has 0 spiro atoms. The molecule has 0 aliphatic carbocycles. The van der Waals surface area contributed by atoms with Crippen molar-refractivity contribution in [2.24, 2.45) is 0 Å². The standard InChI is InChI=1S/C27H25Br7O4/c1-13(2)38-26-20(31)7-15(8-21(26)32)27(3,4)14-5-18(29)24(19(30)6-14)36-11-17(35)12-37-25-22(33)9-16(28)10-23(25)34/h5-10,13,17,35H,11-12H2,1-4H3. The first-order valence-corrected chi connectivity index (χ1v) is 17.0. The minimum Gasteiger partial charge on any atom is -0.489 e. The number of aliphatic hydroxyl groups is 1. The van der Waals surface area contributed by atoms with E-state index < -0.39 is 6.10 Å². The van der Waals surface area contributed by atoms with Gasteiger partial charge in [0.2, 0.25) is 0 Å². The molecule has 0 aromatic heterocycles. The predicted octanol–water partition coefficient (Wildman–Crippen LogP) is 11.0. The molecule has 3 aromatic rings. The molecule has 38 heavy (non-hydrogen) atoms. The predicted molar refractivity (Wildman–Crippen MR) is 178 cm³/mol. The van der Waals surface area contributed by atoms with Crippen LogP contribution in [0.2, 0.25) is 0 Å². The zero-order valence-electron chi connectivity index (χ0n) is 20.9. The van der Waals surface area contributed by atoms with Crippen LogP contribution in [0, 0.1) is 0 Å². The minimum absolute atomic E-state index is 0.0584. The molecule has 0 saturated carbocycles. The number of benzene rings is 3. The average molecular weight is 973 g/mol. The quantitative estimate of drug-likeness (QED) is 0.220. The first kappa shape index (κ1) is 32.9. The molecule has 0 saturated heterocycles. The number of hydrogen-bond donors (Lipinski definition) is 1. The summed E-state index contributed by atoms with van der Waals surface area (Å²) in [7, 11) is 0.